The third kappa shape index (κ3) is 3.54. The van der Waals surface area contributed by atoms with Gasteiger partial charge in [-0.3, -0.25) is 9.59 Å². The summed E-state index contributed by atoms with van der Waals surface area (Å²) in [5.41, 5.74) is 3.75. The molecule has 1 aliphatic heterocycles. The predicted molar refractivity (Wildman–Crippen MR) is 96.6 cm³/mol. The lowest BCUT2D eigenvalue weighted by Gasteiger charge is -2.31. The van der Waals surface area contributed by atoms with Gasteiger partial charge >= 0.3 is 0 Å². The van der Waals surface area contributed by atoms with Crippen molar-refractivity contribution >= 4 is 22.7 Å². The zero-order valence-corrected chi connectivity index (χ0v) is 15.0. The molecule has 1 aromatic heterocycles. The van der Waals surface area contributed by atoms with Crippen molar-refractivity contribution in [2.45, 2.75) is 32.8 Å². The molecular formula is C19H25N3O3. The van der Waals surface area contributed by atoms with Crippen LogP contribution in [0.5, 0.6) is 0 Å². The van der Waals surface area contributed by atoms with Gasteiger partial charge < -0.3 is 19.9 Å². The Morgan fingerprint density at radius 3 is 2.64 bits per heavy atom. The number of aryl methyl sites for hydroxylation is 2. The molecule has 2 aromatic rings. The molecule has 0 atom stereocenters. The number of hydrogen-bond donors (Lipinski definition) is 2. The van der Waals surface area contributed by atoms with E-state index < -0.39 is 0 Å². The summed E-state index contributed by atoms with van der Waals surface area (Å²) in [5, 5.41) is 10.6. The number of aromatic nitrogens is 1. The fourth-order valence-electron chi connectivity index (χ4n) is 3.27. The fraction of sp³-hybridized carbons (Fsp3) is 0.474. The maximum Gasteiger partial charge on any atom is 0.270 e. The Balaban J connectivity index is 1.70. The summed E-state index contributed by atoms with van der Waals surface area (Å²) in [6.45, 7) is 5.23. The lowest BCUT2D eigenvalue weighted by Crippen LogP contribution is -2.45. The maximum absolute atomic E-state index is 12.7. The molecule has 1 saturated heterocycles. The lowest BCUT2D eigenvalue weighted by atomic mass is 10.1. The van der Waals surface area contributed by atoms with E-state index in [1.807, 2.05) is 32.0 Å². The van der Waals surface area contributed by atoms with Gasteiger partial charge in [-0.1, -0.05) is 6.07 Å². The lowest BCUT2D eigenvalue weighted by molar-refractivity contribution is -0.133. The largest absolute Gasteiger partial charge is 0.393 e. The molecule has 1 fully saturated rings. The summed E-state index contributed by atoms with van der Waals surface area (Å²) in [6.07, 6.45) is 0.884. The van der Waals surface area contributed by atoms with Crippen molar-refractivity contribution < 1.29 is 14.7 Å². The number of likely N-dealkylation sites (tertiary alicyclic amines) is 1. The first kappa shape index (κ1) is 17.5. The normalized spacial score (nSPS) is 15.6. The number of fused-ring (bicyclic) bond motifs is 1. The van der Waals surface area contributed by atoms with Gasteiger partial charge in [-0.05, 0) is 49.9 Å². The Morgan fingerprint density at radius 2 is 1.96 bits per heavy atom. The minimum atomic E-state index is -0.318. The van der Waals surface area contributed by atoms with E-state index in [-0.39, 0.29) is 24.5 Å². The number of nitrogens with one attached hydrogen (secondary N) is 1. The monoisotopic (exact) mass is 343 g/mol. The van der Waals surface area contributed by atoms with Crippen molar-refractivity contribution in [3.8, 4) is 0 Å². The number of carbonyl (C=O) groups excluding carboxylic acids is 2. The minimum absolute atomic E-state index is 0.0440. The Kier molecular flexibility index (Phi) is 4.81. The minimum Gasteiger partial charge on any atom is -0.393 e. The number of piperidine rings is 1. The van der Waals surface area contributed by atoms with E-state index in [0.29, 0.717) is 31.6 Å². The molecule has 0 saturated carbocycles. The summed E-state index contributed by atoms with van der Waals surface area (Å²) in [7, 11) is 1.64. The molecule has 0 aliphatic carbocycles. The summed E-state index contributed by atoms with van der Waals surface area (Å²) in [6, 6.07) is 5.86. The fourth-order valence-corrected chi connectivity index (χ4v) is 3.27. The Bertz CT molecular complexity index is 804. The number of benzene rings is 1. The topological polar surface area (TPSA) is 76.6 Å². The molecule has 0 radical (unpaired) electrons. The van der Waals surface area contributed by atoms with Gasteiger partial charge in [0.15, 0.2) is 0 Å². The standard InChI is InChI=1S/C19H25N3O3/c1-12-4-5-16-15(13(12)2)10-17(20-16)19(25)21(3)11-18(24)22-8-6-14(23)7-9-22/h4-5,10,14,20,23H,6-9,11H2,1-3H3. The second kappa shape index (κ2) is 6.88. The molecule has 2 heterocycles. The van der Waals surface area contributed by atoms with E-state index in [4.69, 9.17) is 0 Å². The first-order valence-electron chi connectivity index (χ1n) is 8.67. The van der Waals surface area contributed by atoms with Crippen LogP contribution in [0.2, 0.25) is 0 Å². The van der Waals surface area contributed by atoms with Gasteiger partial charge in [-0.15, -0.1) is 0 Å². The average molecular weight is 343 g/mol. The van der Waals surface area contributed by atoms with Crippen molar-refractivity contribution in [3.05, 3.63) is 35.0 Å². The Labute approximate surface area is 147 Å². The van der Waals surface area contributed by atoms with Crippen molar-refractivity contribution in [3.63, 3.8) is 0 Å². The maximum atomic E-state index is 12.7. The Morgan fingerprint density at radius 1 is 1.28 bits per heavy atom. The molecule has 2 amide bonds. The highest BCUT2D eigenvalue weighted by molar-refractivity contribution is 6.00. The van der Waals surface area contributed by atoms with Crippen LogP contribution in [-0.2, 0) is 4.79 Å². The van der Waals surface area contributed by atoms with Gasteiger partial charge in [0.1, 0.15) is 5.69 Å². The summed E-state index contributed by atoms with van der Waals surface area (Å²) < 4.78 is 0. The predicted octanol–water partition coefficient (Wildman–Crippen LogP) is 1.84. The number of hydrogen-bond acceptors (Lipinski definition) is 3. The van der Waals surface area contributed by atoms with Crippen molar-refractivity contribution in [2.24, 2.45) is 0 Å². The third-order valence-corrected chi connectivity index (χ3v) is 5.11. The second-order valence-corrected chi connectivity index (χ2v) is 6.92. The van der Waals surface area contributed by atoms with Crippen LogP contribution in [0.3, 0.4) is 0 Å². The second-order valence-electron chi connectivity index (χ2n) is 6.92. The van der Waals surface area contributed by atoms with Crippen molar-refractivity contribution in [1.29, 1.82) is 0 Å². The first-order chi connectivity index (χ1) is 11.9. The molecule has 0 spiro atoms. The van der Waals surface area contributed by atoms with Crippen LogP contribution in [0, 0.1) is 13.8 Å². The Hall–Kier alpha value is -2.34. The van der Waals surface area contributed by atoms with Crippen molar-refractivity contribution in [2.75, 3.05) is 26.7 Å². The summed E-state index contributed by atoms with van der Waals surface area (Å²) in [4.78, 5) is 31.3. The molecule has 1 aromatic carbocycles. The van der Waals surface area contributed by atoms with Gasteiger partial charge in [0.05, 0.1) is 12.6 Å². The zero-order valence-electron chi connectivity index (χ0n) is 15.0. The van der Waals surface area contributed by atoms with E-state index in [1.165, 1.54) is 10.5 Å². The summed E-state index contributed by atoms with van der Waals surface area (Å²) in [5.74, 6) is -0.274. The zero-order chi connectivity index (χ0) is 18.1. The molecule has 0 bridgehead atoms. The van der Waals surface area contributed by atoms with Gasteiger partial charge in [0, 0.05) is 31.0 Å². The molecule has 25 heavy (non-hydrogen) atoms. The SMILES string of the molecule is Cc1ccc2[nH]c(C(=O)N(C)CC(=O)N3CCC(O)CC3)cc2c1C. The van der Waals surface area contributed by atoms with Gasteiger partial charge in [0.2, 0.25) is 5.91 Å². The molecule has 134 valence electrons. The number of likely N-dealkylation sites (N-methyl/N-ethyl adjacent to an activating group) is 1. The van der Waals surface area contributed by atoms with Gasteiger partial charge in [-0.2, -0.15) is 0 Å². The smallest absolute Gasteiger partial charge is 0.270 e. The van der Waals surface area contributed by atoms with E-state index >= 15 is 0 Å². The third-order valence-electron chi connectivity index (χ3n) is 5.11. The molecule has 0 unspecified atom stereocenters. The van der Waals surface area contributed by atoms with Crippen molar-refractivity contribution in [1.82, 2.24) is 14.8 Å². The first-order valence-corrected chi connectivity index (χ1v) is 8.67. The molecule has 6 heteroatoms. The number of amides is 2. The average Bonchev–Trinajstić information content (AvgIpc) is 3.03. The molecule has 6 nitrogen and oxygen atoms in total. The van der Waals surface area contributed by atoms with Crippen LogP contribution < -0.4 is 0 Å². The van der Waals surface area contributed by atoms with E-state index in [9.17, 15) is 14.7 Å². The molecule has 1 aliphatic rings. The van der Waals surface area contributed by atoms with Crippen LogP contribution in [0.15, 0.2) is 18.2 Å². The summed E-state index contributed by atoms with van der Waals surface area (Å²) >= 11 is 0. The highest BCUT2D eigenvalue weighted by atomic mass is 16.3. The molecule has 2 N–H and O–H groups in total. The quantitative estimate of drug-likeness (QED) is 0.893. The number of aliphatic hydroxyl groups is 1. The number of carbonyl (C=O) groups is 2. The number of aliphatic hydroxyl groups excluding tert-OH is 1. The molecular weight excluding hydrogens is 318 g/mol. The van der Waals surface area contributed by atoms with Crippen LogP contribution in [0.25, 0.3) is 10.9 Å². The van der Waals surface area contributed by atoms with Crippen LogP contribution in [0.4, 0.5) is 0 Å². The number of nitrogens with zero attached hydrogens (tertiary/aromatic N) is 2. The van der Waals surface area contributed by atoms with E-state index in [1.54, 1.807) is 11.9 Å². The van der Waals surface area contributed by atoms with E-state index in [0.717, 1.165) is 16.5 Å². The number of H-pyrrole nitrogens is 1. The van der Waals surface area contributed by atoms with Gasteiger partial charge in [-0.25, -0.2) is 0 Å². The van der Waals surface area contributed by atoms with Crippen LogP contribution in [0.1, 0.15) is 34.5 Å². The highest BCUT2D eigenvalue weighted by Gasteiger charge is 2.24. The number of rotatable bonds is 3. The van der Waals surface area contributed by atoms with Gasteiger partial charge in [0.25, 0.3) is 5.91 Å². The molecule has 3 rings (SSSR count). The van der Waals surface area contributed by atoms with Crippen LogP contribution in [-0.4, -0.2) is 64.5 Å². The highest BCUT2D eigenvalue weighted by Crippen LogP contribution is 2.23. The number of aromatic amines is 1. The van der Waals surface area contributed by atoms with E-state index in [2.05, 4.69) is 4.98 Å². The van der Waals surface area contributed by atoms with Crippen LogP contribution >= 0.6 is 0 Å².